The number of benzene rings is 1. The second-order valence-electron chi connectivity index (χ2n) is 3.82. The molecule has 0 aliphatic rings. The van der Waals surface area contributed by atoms with E-state index in [0.29, 0.717) is 17.6 Å². The molecule has 0 N–H and O–H groups in total. The number of para-hydroxylation sites is 1. The standard InChI is InChI=1S/C13H14ClN3O/c1-17(13-15-7-11(14)8-16-13)12-6-4-3-5-10(12)9-18-2/h3-8H,9H2,1-2H3. The summed E-state index contributed by atoms with van der Waals surface area (Å²) in [6.45, 7) is 0.550. The van der Waals surface area contributed by atoms with Crippen LogP contribution in [0.2, 0.25) is 5.02 Å². The Morgan fingerprint density at radius 3 is 2.56 bits per heavy atom. The maximum atomic E-state index is 5.78. The van der Waals surface area contributed by atoms with Crippen molar-refractivity contribution in [3.05, 3.63) is 47.2 Å². The van der Waals surface area contributed by atoms with Gasteiger partial charge in [-0.25, -0.2) is 9.97 Å². The quantitative estimate of drug-likeness (QED) is 0.850. The highest BCUT2D eigenvalue weighted by atomic mass is 35.5. The smallest absolute Gasteiger partial charge is 0.229 e. The molecule has 0 aliphatic carbocycles. The molecule has 5 heteroatoms. The zero-order valence-corrected chi connectivity index (χ0v) is 11.1. The summed E-state index contributed by atoms with van der Waals surface area (Å²) in [5.41, 5.74) is 2.10. The number of methoxy groups -OCH3 is 1. The molecule has 4 nitrogen and oxygen atoms in total. The zero-order chi connectivity index (χ0) is 13.0. The van der Waals surface area contributed by atoms with E-state index in [4.69, 9.17) is 16.3 Å². The molecule has 94 valence electrons. The van der Waals surface area contributed by atoms with Gasteiger partial charge in [0.2, 0.25) is 5.95 Å². The molecule has 0 saturated heterocycles. The fourth-order valence-electron chi connectivity index (χ4n) is 1.70. The third-order valence-electron chi connectivity index (χ3n) is 2.56. The summed E-state index contributed by atoms with van der Waals surface area (Å²) >= 11 is 5.78. The average Bonchev–Trinajstić information content (AvgIpc) is 2.40. The third kappa shape index (κ3) is 2.78. The van der Waals surface area contributed by atoms with Gasteiger partial charge in [0.1, 0.15) is 0 Å². The molecule has 0 saturated carbocycles. The molecule has 1 aromatic heterocycles. The van der Waals surface area contributed by atoms with Crippen molar-refractivity contribution in [1.29, 1.82) is 0 Å². The number of hydrogen-bond acceptors (Lipinski definition) is 4. The van der Waals surface area contributed by atoms with Crippen molar-refractivity contribution in [3.63, 3.8) is 0 Å². The van der Waals surface area contributed by atoms with Crippen molar-refractivity contribution >= 4 is 23.2 Å². The van der Waals surface area contributed by atoms with E-state index in [1.165, 1.54) is 0 Å². The molecule has 0 aliphatic heterocycles. The molecule has 0 bridgehead atoms. The highest BCUT2D eigenvalue weighted by Gasteiger charge is 2.10. The lowest BCUT2D eigenvalue weighted by Crippen LogP contribution is -2.14. The molecule has 2 aromatic rings. The maximum Gasteiger partial charge on any atom is 0.229 e. The fraction of sp³-hybridized carbons (Fsp3) is 0.231. The first-order valence-electron chi connectivity index (χ1n) is 5.50. The summed E-state index contributed by atoms with van der Waals surface area (Å²) in [5, 5.41) is 0.525. The second-order valence-corrected chi connectivity index (χ2v) is 4.26. The SMILES string of the molecule is COCc1ccccc1N(C)c1ncc(Cl)cn1. The van der Waals surface area contributed by atoms with Crippen molar-refractivity contribution in [3.8, 4) is 0 Å². The van der Waals surface area contributed by atoms with Gasteiger partial charge in [-0.15, -0.1) is 0 Å². The van der Waals surface area contributed by atoms with E-state index in [1.807, 2.05) is 36.2 Å². The van der Waals surface area contributed by atoms with Crippen LogP contribution in [0.1, 0.15) is 5.56 Å². The molecule has 2 rings (SSSR count). The van der Waals surface area contributed by atoms with E-state index in [9.17, 15) is 0 Å². The van der Waals surface area contributed by atoms with Gasteiger partial charge in [-0.05, 0) is 6.07 Å². The minimum Gasteiger partial charge on any atom is -0.380 e. The Morgan fingerprint density at radius 1 is 1.22 bits per heavy atom. The van der Waals surface area contributed by atoms with Gasteiger partial charge in [0, 0.05) is 25.4 Å². The van der Waals surface area contributed by atoms with Gasteiger partial charge in [0.05, 0.1) is 24.0 Å². The summed E-state index contributed by atoms with van der Waals surface area (Å²) in [4.78, 5) is 10.3. The van der Waals surface area contributed by atoms with Crippen LogP contribution in [0.15, 0.2) is 36.7 Å². The van der Waals surface area contributed by atoms with Gasteiger partial charge < -0.3 is 9.64 Å². The first-order valence-corrected chi connectivity index (χ1v) is 5.88. The monoisotopic (exact) mass is 263 g/mol. The lowest BCUT2D eigenvalue weighted by molar-refractivity contribution is 0.185. The summed E-state index contributed by atoms with van der Waals surface area (Å²) < 4.78 is 5.19. The predicted octanol–water partition coefficient (Wildman–Crippen LogP) is 3.04. The zero-order valence-electron chi connectivity index (χ0n) is 10.3. The lowest BCUT2D eigenvalue weighted by Gasteiger charge is -2.20. The number of halogens is 1. The molecule has 18 heavy (non-hydrogen) atoms. The molecule has 1 heterocycles. The fourth-order valence-corrected chi connectivity index (χ4v) is 1.80. The van der Waals surface area contributed by atoms with Crippen LogP contribution < -0.4 is 4.90 Å². The summed E-state index contributed by atoms with van der Waals surface area (Å²) in [7, 11) is 3.59. The van der Waals surface area contributed by atoms with Crippen LogP contribution in [-0.4, -0.2) is 24.1 Å². The van der Waals surface area contributed by atoms with Crippen molar-refractivity contribution in [2.24, 2.45) is 0 Å². The molecule has 0 unspecified atom stereocenters. The summed E-state index contributed by atoms with van der Waals surface area (Å²) in [6, 6.07) is 7.98. The van der Waals surface area contributed by atoms with Gasteiger partial charge in [-0.2, -0.15) is 0 Å². The molecule has 0 radical (unpaired) electrons. The largest absolute Gasteiger partial charge is 0.380 e. The molecule has 0 fully saturated rings. The van der Waals surface area contributed by atoms with Gasteiger partial charge in [-0.1, -0.05) is 29.8 Å². The second kappa shape index (κ2) is 5.80. The number of aromatic nitrogens is 2. The minimum atomic E-state index is 0.525. The van der Waals surface area contributed by atoms with Crippen LogP contribution in [0.3, 0.4) is 0 Å². The first-order chi connectivity index (χ1) is 8.72. The minimum absolute atomic E-state index is 0.525. The van der Waals surface area contributed by atoms with Gasteiger partial charge in [0.25, 0.3) is 0 Å². The molecule has 0 spiro atoms. The molecule has 0 amide bonds. The van der Waals surface area contributed by atoms with Crippen LogP contribution in [-0.2, 0) is 11.3 Å². The van der Waals surface area contributed by atoms with Crippen molar-refractivity contribution in [2.45, 2.75) is 6.61 Å². The van der Waals surface area contributed by atoms with Crippen LogP contribution in [0, 0.1) is 0 Å². The summed E-state index contributed by atoms with van der Waals surface area (Å²) in [5.74, 6) is 0.600. The maximum absolute atomic E-state index is 5.78. The Balaban J connectivity index is 2.33. The Labute approximate surface area is 111 Å². The molecular formula is C13H14ClN3O. The highest BCUT2D eigenvalue weighted by Crippen LogP contribution is 2.25. The van der Waals surface area contributed by atoms with Crippen LogP contribution in [0.5, 0.6) is 0 Å². The normalized spacial score (nSPS) is 10.4. The number of hydrogen-bond donors (Lipinski definition) is 0. The van der Waals surface area contributed by atoms with Crippen LogP contribution in [0.4, 0.5) is 11.6 Å². The van der Waals surface area contributed by atoms with Gasteiger partial charge in [0.15, 0.2) is 0 Å². The Morgan fingerprint density at radius 2 is 1.89 bits per heavy atom. The lowest BCUT2D eigenvalue weighted by atomic mass is 10.2. The van der Waals surface area contributed by atoms with Crippen LogP contribution >= 0.6 is 11.6 Å². The number of nitrogens with zero attached hydrogens (tertiary/aromatic N) is 3. The van der Waals surface area contributed by atoms with E-state index in [-0.39, 0.29) is 0 Å². The van der Waals surface area contributed by atoms with Gasteiger partial charge >= 0.3 is 0 Å². The van der Waals surface area contributed by atoms with E-state index < -0.39 is 0 Å². The van der Waals surface area contributed by atoms with Crippen LogP contribution in [0.25, 0.3) is 0 Å². The Bertz CT molecular complexity index is 516. The predicted molar refractivity (Wildman–Crippen MR) is 72.3 cm³/mol. The molecule has 1 aromatic carbocycles. The van der Waals surface area contributed by atoms with Crippen molar-refractivity contribution < 1.29 is 4.74 Å². The topological polar surface area (TPSA) is 38.2 Å². The molecular weight excluding hydrogens is 250 g/mol. The third-order valence-corrected chi connectivity index (χ3v) is 2.75. The van der Waals surface area contributed by atoms with E-state index >= 15 is 0 Å². The number of anilines is 2. The van der Waals surface area contributed by atoms with Crippen molar-refractivity contribution in [1.82, 2.24) is 9.97 Å². The molecule has 0 atom stereocenters. The number of rotatable bonds is 4. The van der Waals surface area contributed by atoms with Crippen molar-refractivity contribution in [2.75, 3.05) is 19.1 Å². The van der Waals surface area contributed by atoms with E-state index in [0.717, 1.165) is 11.3 Å². The highest BCUT2D eigenvalue weighted by molar-refractivity contribution is 6.30. The van der Waals surface area contributed by atoms with E-state index in [1.54, 1.807) is 19.5 Å². The Kier molecular flexibility index (Phi) is 4.12. The average molecular weight is 264 g/mol. The first kappa shape index (κ1) is 12.8. The Hall–Kier alpha value is -1.65. The summed E-state index contributed by atoms with van der Waals surface area (Å²) in [6.07, 6.45) is 3.17. The van der Waals surface area contributed by atoms with E-state index in [2.05, 4.69) is 9.97 Å². The number of ether oxygens (including phenoxy) is 1. The van der Waals surface area contributed by atoms with Gasteiger partial charge in [-0.3, -0.25) is 0 Å².